The number of anilines is 4. The van der Waals surface area contributed by atoms with Gasteiger partial charge in [-0.2, -0.15) is 0 Å². The molecule has 0 aromatic heterocycles. The Morgan fingerprint density at radius 2 is 0.586 bits per heavy atom. The zero-order valence-corrected chi connectivity index (χ0v) is 33.7. The second-order valence-electron chi connectivity index (χ2n) is 16.8. The van der Waals surface area contributed by atoms with E-state index in [1.807, 2.05) is 0 Å². The summed E-state index contributed by atoms with van der Waals surface area (Å²) < 4.78 is 0. The van der Waals surface area contributed by atoms with Crippen molar-refractivity contribution in [2.45, 2.75) is 89.1 Å². The molecule has 0 atom stereocenters. The van der Waals surface area contributed by atoms with E-state index in [9.17, 15) is 0 Å². The molecule has 8 aromatic carbocycles. The van der Waals surface area contributed by atoms with Gasteiger partial charge < -0.3 is 9.80 Å². The van der Waals surface area contributed by atoms with E-state index in [0.29, 0.717) is 12.1 Å². The van der Waals surface area contributed by atoms with Crippen LogP contribution in [0.1, 0.15) is 77.0 Å². The van der Waals surface area contributed by atoms with Crippen LogP contribution in [0.5, 0.6) is 0 Å². The third-order valence-corrected chi connectivity index (χ3v) is 13.2. The fourth-order valence-electron chi connectivity index (χ4n) is 10.4. The number of hydrogen-bond acceptors (Lipinski definition) is 2. The lowest BCUT2D eigenvalue weighted by Crippen LogP contribution is -2.30. The molecule has 0 radical (unpaired) electrons. The van der Waals surface area contributed by atoms with Crippen LogP contribution in [0, 0.1) is 0 Å². The van der Waals surface area contributed by atoms with Crippen LogP contribution in [0.2, 0.25) is 0 Å². The number of benzene rings is 8. The monoisotopic (exact) mass is 754 g/mol. The van der Waals surface area contributed by atoms with E-state index in [1.54, 1.807) is 0 Å². The molecule has 8 aromatic rings. The van der Waals surface area contributed by atoms with Crippen LogP contribution in [0.15, 0.2) is 170 Å². The molecule has 288 valence electrons. The van der Waals surface area contributed by atoms with Gasteiger partial charge in [0.2, 0.25) is 0 Å². The molecule has 0 aliphatic heterocycles. The van der Waals surface area contributed by atoms with Crippen LogP contribution in [0.4, 0.5) is 22.7 Å². The van der Waals surface area contributed by atoms with Gasteiger partial charge in [0.1, 0.15) is 0 Å². The molecule has 0 bridgehead atoms. The zero-order chi connectivity index (χ0) is 38.7. The van der Waals surface area contributed by atoms with Crippen LogP contribution in [-0.4, -0.2) is 12.1 Å². The van der Waals surface area contributed by atoms with E-state index in [0.717, 1.165) is 0 Å². The van der Waals surface area contributed by atoms with Crippen molar-refractivity contribution in [1.29, 1.82) is 0 Å². The molecule has 2 nitrogen and oxygen atoms in total. The fraction of sp³-hybridized carbons (Fsp3) is 0.250. The molecule has 2 heteroatoms. The van der Waals surface area contributed by atoms with Crippen LogP contribution in [-0.2, 0) is 0 Å². The standard InChI is InChI=1S/C56H54N2/c1-2-8-20-43(19-7-1)57(45-23-11-5-12-24-45)47-35-31-41(32-36-47)53-39-55-52-30-18-16-28-50(52)54(40-56(55)51-29-17-15-27-49(51)53)42-33-37-48(38-34-42)58(46-25-13-6-14-26-46)44-21-9-3-4-10-22-44/h5-6,11-18,23-40,43-44H,1-4,7-10,19-22H2. The first kappa shape index (κ1) is 36.5. The van der Waals surface area contributed by atoms with Gasteiger partial charge >= 0.3 is 0 Å². The lowest BCUT2D eigenvalue weighted by atomic mass is 9.87. The van der Waals surface area contributed by atoms with Gasteiger partial charge in [-0.3, -0.25) is 0 Å². The summed E-state index contributed by atoms with van der Waals surface area (Å²) in [6.45, 7) is 0. The Labute approximate surface area is 344 Å². The highest BCUT2D eigenvalue weighted by atomic mass is 15.2. The molecule has 2 fully saturated rings. The maximum Gasteiger partial charge on any atom is 0.0413 e. The summed E-state index contributed by atoms with van der Waals surface area (Å²) >= 11 is 0. The minimum atomic E-state index is 0.526. The molecule has 0 unspecified atom stereocenters. The summed E-state index contributed by atoms with van der Waals surface area (Å²) in [4.78, 5) is 5.23. The number of hydrogen-bond donors (Lipinski definition) is 0. The van der Waals surface area contributed by atoms with Crippen molar-refractivity contribution in [3.63, 3.8) is 0 Å². The Kier molecular flexibility index (Phi) is 10.4. The van der Waals surface area contributed by atoms with Gasteiger partial charge in [0.15, 0.2) is 0 Å². The Morgan fingerprint density at radius 3 is 0.948 bits per heavy atom. The minimum absolute atomic E-state index is 0.526. The van der Waals surface area contributed by atoms with Crippen LogP contribution in [0.3, 0.4) is 0 Å². The topological polar surface area (TPSA) is 6.48 Å². The summed E-state index contributed by atoms with van der Waals surface area (Å²) in [6, 6.07) is 65.1. The van der Waals surface area contributed by atoms with E-state index in [-0.39, 0.29) is 0 Å². The SMILES string of the molecule is c1ccc(N(c2ccc(-c3cc4c5ccccc5c(-c5ccc(N(c6ccccc6)C6CCCCCC6)cc5)cc4c4ccccc34)cc2)C2CCCCCC2)cc1. The lowest BCUT2D eigenvalue weighted by molar-refractivity contribution is 0.569. The highest BCUT2D eigenvalue weighted by Crippen LogP contribution is 2.43. The molecule has 0 N–H and O–H groups in total. The number of nitrogens with zero attached hydrogens (tertiary/aromatic N) is 2. The molecular formula is C56H54N2. The van der Waals surface area contributed by atoms with Gasteiger partial charge in [-0.15, -0.1) is 0 Å². The molecule has 0 heterocycles. The predicted molar refractivity (Wildman–Crippen MR) is 250 cm³/mol. The van der Waals surface area contributed by atoms with E-state index >= 15 is 0 Å². The molecule has 0 spiro atoms. The second kappa shape index (κ2) is 16.5. The maximum atomic E-state index is 2.62. The fourth-order valence-corrected chi connectivity index (χ4v) is 10.4. The van der Waals surface area contributed by atoms with Gasteiger partial charge in [0, 0.05) is 34.8 Å². The van der Waals surface area contributed by atoms with E-state index in [4.69, 9.17) is 0 Å². The van der Waals surface area contributed by atoms with Crippen molar-refractivity contribution in [2.75, 3.05) is 9.80 Å². The van der Waals surface area contributed by atoms with E-state index in [1.165, 1.54) is 154 Å². The van der Waals surface area contributed by atoms with Crippen molar-refractivity contribution in [3.05, 3.63) is 170 Å². The van der Waals surface area contributed by atoms with Gasteiger partial charge in [-0.1, -0.05) is 161 Å². The molecular weight excluding hydrogens is 701 g/mol. The molecule has 2 aliphatic rings. The van der Waals surface area contributed by atoms with Crippen molar-refractivity contribution < 1.29 is 0 Å². The summed E-state index contributed by atoms with van der Waals surface area (Å²) in [6.07, 6.45) is 15.6. The third-order valence-electron chi connectivity index (χ3n) is 13.2. The van der Waals surface area contributed by atoms with Gasteiger partial charge in [0.25, 0.3) is 0 Å². The van der Waals surface area contributed by atoms with E-state index in [2.05, 4.69) is 180 Å². The zero-order valence-electron chi connectivity index (χ0n) is 33.7. The largest absolute Gasteiger partial charge is 0.338 e. The van der Waals surface area contributed by atoms with E-state index < -0.39 is 0 Å². The first-order valence-corrected chi connectivity index (χ1v) is 22.1. The van der Waals surface area contributed by atoms with Crippen molar-refractivity contribution >= 4 is 55.1 Å². The Hall–Kier alpha value is -5.86. The van der Waals surface area contributed by atoms with Crippen molar-refractivity contribution in [1.82, 2.24) is 0 Å². The summed E-state index contributed by atoms with van der Waals surface area (Å²) in [7, 11) is 0. The second-order valence-corrected chi connectivity index (χ2v) is 16.8. The van der Waals surface area contributed by atoms with Crippen LogP contribution < -0.4 is 9.80 Å². The summed E-state index contributed by atoms with van der Waals surface area (Å²) in [5.74, 6) is 0. The molecule has 2 saturated carbocycles. The van der Waals surface area contributed by atoms with Crippen molar-refractivity contribution in [3.8, 4) is 22.3 Å². The number of rotatable bonds is 8. The smallest absolute Gasteiger partial charge is 0.0413 e. The Morgan fingerprint density at radius 1 is 0.276 bits per heavy atom. The highest BCUT2D eigenvalue weighted by Gasteiger charge is 2.24. The highest BCUT2D eigenvalue weighted by molar-refractivity contribution is 6.23. The summed E-state index contributed by atoms with van der Waals surface area (Å²) in [5, 5.41) is 7.81. The van der Waals surface area contributed by atoms with Crippen LogP contribution >= 0.6 is 0 Å². The van der Waals surface area contributed by atoms with Gasteiger partial charge in [-0.25, -0.2) is 0 Å². The Balaban J connectivity index is 1.05. The minimum Gasteiger partial charge on any atom is -0.338 e. The molecule has 2 aliphatic carbocycles. The average molecular weight is 755 g/mol. The van der Waals surface area contributed by atoms with Crippen molar-refractivity contribution in [2.24, 2.45) is 0 Å². The quantitative estimate of drug-likeness (QED) is 0.113. The molecule has 0 amide bonds. The molecule has 58 heavy (non-hydrogen) atoms. The maximum absolute atomic E-state index is 2.62. The first-order valence-electron chi connectivity index (χ1n) is 22.1. The normalized spacial score (nSPS) is 15.7. The number of para-hydroxylation sites is 2. The Bertz CT molecular complexity index is 2430. The predicted octanol–water partition coefficient (Wildman–Crippen LogP) is 16.2. The molecule has 10 rings (SSSR count). The number of fused-ring (bicyclic) bond motifs is 5. The van der Waals surface area contributed by atoms with Crippen LogP contribution in [0.25, 0.3) is 54.6 Å². The van der Waals surface area contributed by atoms with Gasteiger partial charge in [0.05, 0.1) is 0 Å². The van der Waals surface area contributed by atoms with Gasteiger partial charge in [-0.05, 0) is 141 Å². The summed E-state index contributed by atoms with van der Waals surface area (Å²) in [5.41, 5.74) is 10.3. The molecule has 0 saturated heterocycles. The first-order chi connectivity index (χ1) is 28.8. The average Bonchev–Trinajstić information content (AvgIpc) is 3.74. The lowest BCUT2D eigenvalue weighted by Gasteiger charge is -2.33. The third kappa shape index (κ3) is 7.15.